The summed E-state index contributed by atoms with van der Waals surface area (Å²) in [4.78, 5) is 26.5. The lowest BCUT2D eigenvalue weighted by Crippen LogP contribution is -2.40. The zero-order chi connectivity index (χ0) is 23.7. The first kappa shape index (κ1) is 23.6. The van der Waals surface area contributed by atoms with Crippen LogP contribution in [-0.4, -0.2) is 45.5 Å². The summed E-state index contributed by atoms with van der Waals surface area (Å²) in [5, 5.41) is 4.29. The van der Waals surface area contributed by atoms with Gasteiger partial charge >= 0.3 is 18.2 Å². The molecular weight excluding hydrogens is 427 g/mol. The Morgan fingerprint density at radius 2 is 1.84 bits per heavy atom. The molecule has 2 heterocycles. The van der Waals surface area contributed by atoms with Crippen LogP contribution in [0.5, 0.6) is 0 Å². The SMILES string of the molecule is CCOC(=O)c1nn(Cc2ccccc2C(F)(F)F)c2c1CN(C(=O)OC(C)(C)C)CC2. The number of halogens is 3. The number of aromatic nitrogens is 2. The van der Waals surface area contributed by atoms with Gasteiger partial charge in [-0.1, -0.05) is 18.2 Å². The van der Waals surface area contributed by atoms with Crippen LogP contribution >= 0.6 is 0 Å². The zero-order valence-corrected chi connectivity index (χ0v) is 18.5. The largest absolute Gasteiger partial charge is 0.461 e. The molecule has 0 saturated heterocycles. The molecule has 0 bridgehead atoms. The lowest BCUT2D eigenvalue weighted by atomic mass is 10.0. The molecule has 2 aromatic rings. The first-order valence-corrected chi connectivity index (χ1v) is 10.3. The molecule has 0 spiro atoms. The Morgan fingerprint density at radius 1 is 1.16 bits per heavy atom. The van der Waals surface area contributed by atoms with Crippen molar-refractivity contribution in [3.05, 3.63) is 52.3 Å². The Bertz CT molecular complexity index is 1010. The Labute approximate surface area is 184 Å². The molecular formula is C22H26F3N3O4. The number of rotatable bonds is 4. The molecule has 32 heavy (non-hydrogen) atoms. The second kappa shape index (κ2) is 8.84. The van der Waals surface area contributed by atoms with E-state index in [1.54, 1.807) is 27.7 Å². The van der Waals surface area contributed by atoms with Crippen LogP contribution < -0.4 is 0 Å². The van der Waals surface area contributed by atoms with Gasteiger partial charge in [0.25, 0.3) is 0 Å². The average molecular weight is 453 g/mol. The number of esters is 1. The molecule has 1 aromatic heterocycles. The van der Waals surface area contributed by atoms with E-state index in [0.717, 1.165) is 6.07 Å². The normalized spacial score (nSPS) is 14.2. The Balaban J connectivity index is 1.97. The predicted molar refractivity (Wildman–Crippen MR) is 109 cm³/mol. The van der Waals surface area contributed by atoms with Gasteiger partial charge in [-0.2, -0.15) is 18.3 Å². The van der Waals surface area contributed by atoms with Gasteiger partial charge in [-0.05, 0) is 39.3 Å². The molecule has 3 rings (SSSR count). The highest BCUT2D eigenvalue weighted by Crippen LogP contribution is 2.33. The number of carbonyl (C=O) groups excluding carboxylic acids is 2. The molecule has 0 N–H and O–H groups in total. The first-order valence-electron chi connectivity index (χ1n) is 10.3. The highest BCUT2D eigenvalue weighted by molar-refractivity contribution is 5.89. The van der Waals surface area contributed by atoms with Crippen LogP contribution in [0.25, 0.3) is 0 Å². The molecule has 0 fully saturated rings. The third kappa shape index (κ3) is 5.23. The van der Waals surface area contributed by atoms with E-state index in [9.17, 15) is 22.8 Å². The fraction of sp³-hybridized carbons (Fsp3) is 0.500. The van der Waals surface area contributed by atoms with Gasteiger partial charge in [-0.3, -0.25) is 4.68 Å². The second-order valence-electron chi connectivity index (χ2n) is 8.46. The van der Waals surface area contributed by atoms with E-state index in [-0.39, 0.29) is 37.5 Å². The quantitative estimate of drug-likeness (QED) is 0.641. The molecule has 0 aliphatic carbocycles. The molecule has 0 saturated carbocycles. The van der Waals surface area contributed by atoms with Gasteiger partial charge in [0, 0.05) is 24.2 Å². The van der Waals surface area contributed by atoms with Crippen molar-refractivity contribution >= 4 is 12.1 Å². The maximum Gasteiger partial charge on any atom is 0.416 e. The van der Waals surface area contributed by atoms with Gasteiger partial charge in [0.15, 0.2) is 5.69 Å². The molecule has 0 unspecified atom stereocenters. The van der Waals surface area contributed by atoms with E-state index in [4.69, 9.17) is 9.47 Å². The van der Waals surface area contributed by atoms with Crippen molar-refractivity contribution in [3.8, 4) is 0 Å². The van der Waals surface area contributed by atoms with Crippen LogP contribution in [0.15, 0.2) is 24.3 Å². The highest BCUT2D eigenvalue weighted by Gasteiger charge is 2.35. The summed E-state index contributed by atoms with van der Waals surface area (Å²) in [6, 6.07) is 5.25. The van der Waals surface area contributed by atoms with E-state index < -0.39 is 29.4 Å². The Morgan fingerprint density at radius 3 is 2.47 bits per heavy atom. The molecule has 1 aliphatic rings. The van der Waals surface area contributed by atoms with Gasteiger partial charge in [-0.15, -0.1) is 0 Å². The lowest BCUT2D eigenvalue weighted by Gasteiger charge is -2.30. The fourth-order valence-electron chi connectivity index (χ4n) is 3.56. The summed E-state index contributed by atoms with van der Waals surface area (Å²) in [6.07, 6.45) is -4.73. The number of hydrogen-bond donors (Lipinski definition) is 0. The van der Waals surface area contributed by atoms with Gasteiger partial charge < -0.3 is 14.4 Å². The topological polar surface area (TPSA) is 73.7 Å². The van der Waals surface area contributed by atoms with Crippen LogP contribution in [0, 0.1) is 0 Å². The van der Waals surface area contributed by atoms with Crippen molar-refractivity contribution in [2.75, 3.05) is 13.2 Å². The molecule has 7 nitrogen and oxygen atoms in total. The minimum absolute atomic E-state index is 0.000372. The summed E-state index contributed by atoms with van der Waals surface area (Å²) in [6.45, 7) is 7.20. The molecule has 0 radical (unpaired) electrons. The monoisotopic (exact) mass is 453 g/mol. The van der Waals surface area contributed by atoms with Crippen molar-refractivity contribution in [2.24, 2.45) is 0 Å². The number of hydrogen-bond acceptors (Lipinski definition) is 5. The Hall–Kier alpha value is -3.04. The van der Waals surface area contributed by atoms with Crippen LogP contribution in [-0.2, 0) is 35.2 Å². The maximum absolute atomic E-state index is 13.4. The molecule has 0 atom stereocenters. The smallest absolute Gasteiger partial charge is 0.416 e. The molecule has 10 heteroatoms. The minimum Gasteiger partial charge on any atom is -0.461 e. The molecule has 1 aliphatic heterocycles. The lowest BCUT2D eigenvalue weighted by molar-refractivity contribution is -0.138. The van der Waals surface area contributed by atoms with Crippen LogP contribution in [0.3, 0.4) is 0 Å². The summed E-state index contributed by atoms with van der Waals surface area (Å²) < 4.78 is 52.2. The minimum atomic E-state index is -4.51. The molecule has 1 aromatic carbocycles. The van der Waals surface area contributed by atoms with Crippen molar-refractivity contribution in [2.45, 2.75) is 59.0 Å². The van der Waals surface area contributed by atoms with Crippen molar-refractivity contribution < 1.29 is 32.2 Å². The van der Waals surface area contributed by atoms with Crippen molar-refractivity contribution in [1.82, 2.24) is 14.7 Å². The second-order valence-corrected chi connectivity index (χ2v) is 8.46. The standard InChI is InChI=1S/C22H26F3N3O4/c1-5-31-19(29)18-15-13-27(20(30)32-21(2,3)4)11-10-17(15)28(26-18)12-14-8-6-7-9-16(14)22(23,24)25/h6-9H,5,10-13H2,1-4H3. The van der Waals surface area contributed by atoms with Crippen molar-refractivity contribution in [3.63, 3.8) is 0 Å². The fourth-order valence-corrected chi connectivity index (χ4v) is 3.56. The number of nitrogens with zero attached hydrogens (tertiary/aromatic N) is 3. The van der Waals surface area contributed by atoms with Gasteiger partial charge in [0.2, 0.25) is 0 Å². The van der Waals surface area contributed by atoms with Crippen molar-refractivity contribution in [1.29, 1.82) is 0 Å². The van der Waals surface area contributed by atoms with Crippen LogP contribution in [0.4, 0.5) is 18.0 Å². The number of fused-ring (bicyclic) bond motifs is 1. The first-order chi connectivity index (χ1) is 14.9. The van der Waals surface area contributed by atoms with E-state index in [0.29, 0.717) is 17.7 Å². The number of amides is 1. The summed E-state index contributed by atoms with van der Waals surface area (Å²) in [7, 11) is 0. The van der Waals surface area contributed by atoms with E-state index >= 15 is 0 Å². The summed E-state index contributed by atoms with van der Waals surface area (Å²) >= 11 is 0. The number of carbonyl (C=O) groups is 2. The van der Waals surface area contributed by atoms with Gasteiger partial charge in [0.05, 0.1) is 25.3 Å². The van der Waals surface area contributed by atoms with E-state index in [1.165, 1.54) is 27.8 Å². The Kier molecular flexibility index (Phi) is 6.52. The maximum atomic E-state index is 13.4. The summed E-state index contributed by atoms with van der Waals surface area (Å²) in [5.74, 6) is -0.683. The third-order valence-corrected chi connectivity index (χ3v) is 4.90. The number of benzene rings is 1. The zero-order valence-electron chi connectivity index (χ0n) is 18.5. The number of ether oxygens (including phenoxy) is 2. The summed E-state index contributed by atoms with van der Waals surface area (Å²) in [5.41, 5.74) is -0.342. The van der Waals surface area contributed by atoms with E-state index in [1.807, 2.05) is 0 Å². The van der Waals surface area contributed by atoms with Crippen LogP contribution in [0.1, 0.15) is 60.6 Å². The van der Waals surface area contributed by atoms with Gasteiger partial charge in [0.1, 0.15) is 5.60 Å². The van der Waals surface area contributed by atoms with Gasteiger partial charge in [-0.25, -0.2) is 9.59 Å². The van der Waals surface area contributed by atoms with Crippen LogP contribution in [0.2, 0.25) is 0 Å². The highest BCUT2D eigenvalue weighted by atomic mass is 19.4. The number of alkyl halides is 3. The molecule has 174 valence electrons. The third-order valence-electron chi connectivity index (χ3n) is 4.90. The molecule has 1 amide bonds. The predicted octanol–water partition coefficient (Wildman–Crippen LogP) is 4.42. The van der Waals surface area contributed by atoms with E-state index in [2.05, 4.69) is 5.10 Å². The average Bonchev–Trinajstić information content (AvgIpc) is 3.04.